The van der Waals surface area contributed by atoms with Gasteiger partial charge in [-0.1, -0.05) is 6.58 Å². The van der Waals surface area contributed by atoms with Gasteiger partial charge in [-0.3, -0.25) is 9.59 Å². The molecule has 2 aromatic heterocycles. The van der Waals surface area contributed by atoms with Gasteiger partial charge in [0.1, 0.15) is 11.6 Å². The van der Waals surface area contributed by atoms with Crippen molar-refractivity contribution in [2.75, 3.05) is 19.6 Å². The molecule has 178 valence electrons. The lowest BCUT2D eigenvalue weighted by Gasteiger charge is -2.36. The standard InChI is InChI=1S/C22H27F2N5O4/c1-2-17(30)29-8-4-14(5-9-29)33-16-11-26-19-18(28-16)15(10-25-19)20(31)27-13-21(32)6-3-7-22(23,24)12-21/h2,10-11,14,32H,1,3-9,12-13H2,(H,25,26)(H,27,31). The van der Waals surface area contributed by atoms with E-state index in [-0.39, 0.29) is 54.8 Å². The van der Waals surface area contributed by atoms with Gasteiger partial charge in [-0.2, -0.15) is 0 Å². The summed E-state index contributed by atoms with van der Waals surface area (Å²) in [5.74, 6) is -3.36. The van der Waals surface area contributed by atoms with Gasteiger partial charge in [-0.25, -0.2) is 18.7 Å². The molecule has 2 aromatic rings. The number of rotatable bonds is 6. The first kappa shape index (κ1) is 23.1. The molecule has 1 aliphatic heterocycles. The number of hydrogen-bond acceptors (Lipinski definition) is 6. The summed E-state index contributed by atoms with van der Waals surface area (Å²) in [4.78, 5) is 37.6. The molecule has 0 radical (unpaired) electrons. The molecule has 0 bridgehead atoms. The topological polar surface area (TPSA) is 120 Å². The van der Waals surface area contributed by atoms with Gasteiger partial charge in [0.15, 0.2) is 5.65 Å². The van der Waals surface area contributed by atoms with Crippen molar-refractivity contribution in [3.63, 3.8) is 0 Å². The van der Waals surface area contributed by atoms with E-state index in [1.165, 1.54) is 18.5 Å². The molecule has 2 aliphatic rings. The molecule has 9 nitrogen and oxygen atoms in total. The van der Waals surface area contributed by atoms with Crippen molar-refractivity contribution in [2.24, 2.45) is 0 Å². The van der Waals surface area contributed by atoms with Gasteiger partial charge in [0.05, 0.1) is 17.4 Å². The Balaban J connectivity index is 1.40. The van der Waals surface area contributed by atoms with E-state index in [2.05, 4.69) is 26.8 Å². The largest absolute Gasteiger partial charge is 0.473 e. The van der Waals surface area contributed by atoms with E-state index in [0.29, 0.717) is 31.6 Å². The third-order valence-corrected chi connectivity index (χ3v) is 6.17. The average Bonchev–Trinajstić information content (AvgIpc) is 3.20. The molecule has 3 N–H and O–H groups in total. The van der Waals surface area contributed by atoms with Gasteiger partial charge in [0, 0.05) is 51.5 Å². The van der Waals surface area contributed by atoms with E-state index in [4.69, 9.17) is 4.74 Å². The van der Waals surface area contributed by atoms with Crippen LogP contribution in [0.15, 0.2) is 25.0 Å². The van der Waals surface area contributed by atoms with Crippen molar-refractivity contribution in [1.82, 2.24) is 25.2 Å². The van der Waals surface area contributed by atoms with Crippen LogP contribution in [0.25, 0.3) is 11.2 Å². The minimum atomic E-state index is -2.94. The Hall–Kier alpha value is -3.08. The van der Waals surface area contributed by atoms with Crippen LogP contribution in [0.2, 0.25) is 0 Å². The highest BCUT2D eigenvalue weighted by atomic mass is 19.3. The minimum absolute atomic E-state index is 0.112. The number of amides is 2. The summed E-state index contributed by atoms with van der Waals surface area (Å²) in [6, 6.07) is 0. The Bertz CT molecular complexity index is 1050. The number of aromatic amines is 1. The minimum Gasteiger partial charge on any atom is -0.473 e. The molecule has 4 rings (SSSR count). The maximum atomic E-state index is 13.7. The van der Waals surface area contributed by atoms with Crippen molar-refractivity contribution >= 4 is 23.0 Å². The second-order valence-electron chi connectivity index (χ2n) is 8.75. The molecule has 1 saturated heterocycles. The first-order chi connectivity index (χ1) is 15.7. The zero-order chi connectivity index (χ0) is 23.6. The van der Waals surface area contributed by atoms with Crippen molar-refractivity contribution in [3.05, 3.63) is 30.6 Å². The summed E-state index contributed by atoms with van der Waals surface area (Å²) in [7, 11) is 0. The average molecular weight is 463 g/mol. The number of aliphatic hydroxyl groups is 1. The number of nitrogens with zero attached hydrogens (tertiary/aromatic N) is 3. The second-order valence-corrected chi connectivity index (χ2v) is 8.75. The van der Waals surface area contributed by atoms with Crippen LogP contribution in [0.3, 0.4) is 0 Å². The fraction of sp³-hybridized carbons (Fsp3) is 0.545. The van der Waals surface area contributed by atoms with Crippen molar-refractivity contribution in [2.45, 2.75) is 56.2 Å². The smallest absolute Gasteiger partial charge is 0.255 e. The van der Waals surface area contributed by atoms with E-state index >= 15 is 0 Å². The van der Waals surface area contributed by atoms with Gasteiger partial charge in [0.25, 0.3) is 11.8 Å². The number of hydrogen-bond donors (Lipinski definition) is 3. The van der Waals surface area contributed by atoms with Crippen molar-refractivity contribution < 1.29 is 28.2 Å². The number of likely N-dealkylation sites (tertiary alicyclic amines) is 1. The molecule has 1 aliphatic carbocycles. The summed E-state index contributed by atoms with van der Waals surface area (Å²) in [5.41, 5.74) is -0.807. The van der Waals surface area contributed by atoms with Gasteiger partial charge in [0.2, 0.25) is 11.8 Å². The lowest BCUT2D eigenvalue weighted by atomic mass is 9.82. The normalized spacial score (nSPS) is 23.3. The van der Waals surface area contributed by atoms with Crippen LogP contribution in [0.4, 0.5) is 8.78 Å². The fourth-order valence-electron chi connectivity index (χ4n) is 4.42. The lowest BCUT2D eigenvalue weighted by molar-refractivity contribution is -0.127. The van der Waals surface area contributed by atoms with Crippen LogP contribution in [0, 0.1) is 0 Å². The highest BCUT2D eigenvalue weighted by Crippen LogP contribution is 2.38. The number of carbonyl (C=O) groups is 2. The van der Waals surface area contributed by atoms with Crippen LogP contribution in [-0.2, 0) is 4.79 Å². The third-order valence-electron chi connectivity index (χ3n) is 6.17. The summed E-state index contributed by atoms with van der Waals surface area (Å²) < 4.78 is 33.3. The maximum absolute atomic E-state index is 13.7. The highest BCUT2D eigenvalue weighted by Gasteiger charge is 2.44. The van der Waals surface area contributed by atoms with Gasteiger partial charge >= 0.3 is 0 Å². The first-order valence-electron chi connectivity index (χ1n) is 11.0. The van der Waals surface area contributed by atoms with E-state index in [9.17, 15) is 23.5 Å². The van der Waals surface area contributed by atoms with Gasteiger partial charge in [-0.05, 0) is 18.9 Å². The maximum Gasteiger partial charge on any atom is 0.255 e. The predicted molar refractivity (Wildman–Crippen MR) is 115 cm³/mol. The van der Waals surface area contributed by atoms with Gasteiger partial charge < -0.3 is 25.0 Å². The molecule has 33 heavy (non-hydrogen) atoms. The van der Waals surface area contributed by atoms with Crippen molar-refractivity contribution in [3.8, 4) is 5.88 Å². The lowest BCUT2D eigenvalue weighted by Crippen LogP contribution is -2.49. The number of H-pyrrole nitrogens is 1. The Labute approximate surface area is 189 Å². The number of piperidine rings is 1. The molecular weight excluding hydrogens is 436 g/mol. The molecular formula is C22H27F2N5O4. The number of alkyl halides is 2. The Morgan fingerprint density at radius 1 is 1.36 bits per heavy atom. The quantitative estimate of drug-likeness (QED) is 0.565. The Morgan fingerprint density at radius 3 is 2.82 bits per heavy atom. The Kier molecular flexibility index (Phi) is 6.33. The number of ether oxygens (including phenoxy) is 1. The highest BCUT2D eigenvalue weighted by molar-refractivity contribution is 6.04. The molecule has 0 spiro atoms. The van der Waals surface area contributed by atoms with E-state index < -0.39 is 23.9 Å². The molecule has 1 saturated carbocycles. The predicted octanol–water partition coefficient (Wildman–Crippen LogP) is 2.18. The molecule has 3 heterocycles. The zero-order valence-corrected chi connectivity index (χ0v) is 18.1. The first-order valence-corrected chi connectivity index (χ1v) is 11.0. The third kappa shape index (κ3) is 5.29. The Morgan fingerprint density at radius 2 is 2.12 bits per heavy atom. The summed E-state index contributed by atoms with van der Waals surface area (Å²) in [5, 5.41) is 13.0. The number of nitrogens with one attached hydrogen (secondary N) is 2. The van der Waals surface area contributed by atoms with Gasteiger partial charge in [-0.15, -0.1) is 0 Å². The van der Waals surface area contributed by atoms with Crippen LogP contribution < -0.4 is 10.1 Å². The van der Waals surface area contributed by atoms with E-state index in [1.54, 1.807) is 4.90 Å². The molecule has 2 fully saturated rings. The summed E-state index contributed by atoms with van der Waals surface area (Å²) >= 11 is 0. The van der Waals surface area contributed by atoms with Crippen LogP contribution in [0.5, 0.6) is 5.88 Å². The second kappa shape index (κ2) is 9.05. The number of aromatic nitrogens is 3. The summed E-state index contributed by atoms with van der Waals surface area (Å²) in [6.07, 6.45) is 4.74. The number of halogens is 2. The molecule has 11 heteroatoms. The number of fused-ring (bicyclic) bond motifs is 1. The molecule has 0 aromatic carbocycles. The fourth-order valence-corrected chi connectivity index (χ4v) is 4.42. The van der Waals surface area contributed by atoms with Crippen LogP contribution in [0.1, 0.15) is 48.9 Å². The monoisotopic (exact) mass is 463 g/mol. The molecule has 2 amide bonds. The van der Waals surface area contributed by atoms with Crippen LogP contribution in [-0.4, -0.2) is 74.0 Å². The van der Waals surface area contributed by atoms with E-state index in [0.717, 1.165) is 0 Å². The number of carbonyl (C=O) groups excluding carboxylic acids is 2. The summed E-state index contributed by atoms with van der Waals surface area (Å²) in [6.45, 7) is 4.31. The van der Waals surface area contributed by atoms with E-state index in [1.807, 2.05) is 0 Å². The van der Waals surface area contributed by atoms with Crippen molar-refractivity contribution in [1.29, 1.82) is 0 Å². The zero-order valence-electron chi connectivity index (χ0n) is 18.1. The molecule has 1 atom stereocenters. The molecule has 1 unspecified atom stereocenters. The van der Waals surface area contributed by atoms with Crippen LogP contribution >= 0.6 is 0 Å². The SMILES string of the molecule is C=CC(=O)N1CCC(Oc2cnc3[nH]cc(C(=O)NCC4(O)CCCC(F)(F)C4)c3n2)CC1.